The number of nitrogens with one attached hydrogen (secondary N) is 2. The van der Waals surface area contributed by atoms with Crippen LogP contribution in [-0.4, -0.2) is 47.5 Å². The van der Waals surface area contributed by atoms with Crippen LogP contribution >= 0.6 is 0 Å². The highest BCUT2D eigenvalue weighted by molar-refractivity contribution is 5.92. The van der Waals surface area contributed by atoms with Crippen LogP contribution in [0.5, 0.6) is 0 Å². The molecule has 1 aromatic carbocycles. The zero-order valence-corrected chi connectivity index (χ0v) is 13.8. The van der Waals surface area contributed by atoms with Crippen molar-refractivity contribution in [3.05, 3.63) is 30.1 Å². The molecule has 7 nitrogen and oxygen atoms in total. The molecule has 1 fully saturated rings. The number of aliphatic carboxylic acids is 1. The molecule has 2 rings (SSSR count). The molecule has 0 aromatic heterocycles. The number of hydrogen-bond donors (Lipinski definition) is 3. The number of likely N-dealkylation sites (tertiary alicyclic amines) is 1. The summed E-state index contributed by atoms with van der Waals surface area (Å²) >= 11 is 0. The Hall–Kier alpha value is -2.64. The summed E-state index contributed by atoms with van der Waals surface area (Å²) in [5.74, 6) is -1.57. The molecule has 0 atom stereocenters. The zero-order chi connectivity index (χ0) is 18.2. The van der Waals surface area contributed by atoms with Crippen LogP contribution in [0, 0.1) is 11.7 Å². The molecular weight excluding hydrogens is 329 g/mol. The zero-order valence-electron chi connectivity index (χ0n) is 13.8. The average Bonchev–Trinajstić information content (AvgIpc) is 2.60. The minimum absolute atomic E-state index is 0.0198. The predicted octanol–water partition coefficient (Wildman–Crippen LogP) is 2.05. The van der Waals surface area contributed by atoms with E-state index in [9.17, 15) is 18.8 Å². The lowest BCUT2D eigenvalue weighted by atomic mass is 9.96. The Morgan fingerprint density at radius 2 is 1.80 bits per heavy atom. The van der Waals surface area contributed by atoms with Crippen LogP contribution in [0.4, 0.5) is 14.9 Å². The van der Waals surface area contributed by atoms with Gasteiger partial charge in [-0.1, -0.05) is 0 Å². The van der Waals surface area contributed by atoms with Crippen LogP contribution in [0.15, 0.2) is 24.3 Å². The first-order valence-corrected chi connectivity index (χ1v) is 8.26. The SMILES string of the molecule is O=C(O)CCCNC(=O)N1CCC(C(=O)Nc2ccc(F)cc2)CC1. The van der Waals surface area contributed by atoms with Gasteiger partial charge in [0.05, 0.1) is 0 Å². The van der Waals surface area contributed by atoms with E-state index >= 15 is 0 Å². The number of piperidine rings is 1. The Bertz CT molecular complexity index is 613. The van der Waals surface area contributed by atoms with E-state index in [2.05, 4.69) is 10.6 Å². The van der Waals surface area contributed by atoms with Gasteiger partial charge in [-0.05, 0) is 43.5 Å². The summed E-state index contributed by atoms with van der Waals surface area (Å²) in [7, 11) is 0. The van der Waals surface area contributed by atoms with Crippen molar-refractivity contribution in [2.45, 2.75) is 25.7 Å². The summed E-state index contributed by atoms with van der Waals surface area (Å²) in [6.07, 6.45) is 1.51. The summed E-state index contributed by atoms with van der Waals surface area (Å²) in [6.45, 7) is 1.24. The maximum absolute atomic E-state index is 12.9. The lowest BCUT2D eigenvalue weighted by Gasteiger charge is -2.31. The first-order chi connectivity index (χ1) is 12.0. The van der Waals surface area contributed by atoms with Gasteiger partial charge in [-0.15, -0.1) is 0 Å². The van der Waals surface area contributed by atoms with Crippen molar-refractivity contribution in [2.75, 3.05) is 25.0 Å². The van der Waals surface area contributed by atoms with Crippen molar-refractivity contribution < 1.29 is 23.9 Å². The molecular formula is C17H22FN3O4. The average molecular weight is 351 g/mol. The van der Waals surface area contributed by atoms with Crippen molar-refractivity contribution in [1.29, 1.82) is 0 Å². The number of amides is 3. The number of carbonyl (C=O) groups excluding carboxylic acids is 2. The van der Waals surface area contributed by atoms with E-state index in [-0.39, 0.29) is 30.1 Å². The van der Waals surface area contributed by atoms with Crippen molar-refractivity contribution >= 4 is 23.6 Å². The van der Waals surface area contributed by atoms with Crippen molar-refractivity contribution in [3.8, 4) is 0 Å². The molecule has 0 saturated carbocycles. The molecule has 1 heterocycles. The van der Waals surface area contributed by atoms with Crippen LogP contribution in [0.1, 0.15) is 25.7 Å². The second kappa shape index (κ2) is 9.00. The minimum atomic E-state index is -0.887. The molecule has 1 aromatic rings. The van der Waals surface area contributed by atoms with Gasteiger partial charge >= 0.3 is 12.0 Å². The number of carbonyl (C=O) groups is 3. The highest BCUT2D eigenvalue weighted by atomic mass is 19.1. The van der Waals surface area contributed by atoms with E-state index in [0.29, 0.717) is 44.6 Å². The second-order valence-corrected chi connectivity index (χ2v) is 5.99. The Morgan fingerprint density at radius 1 is 1.16 bits per heavy atom. The number of carboxylic acids is 1. The van der Waals surface area contributed by atoms with E-state index < -0.39 is 5.97 Å². The van der Waals surface area contributed by atoms with Gasteiger partial charge in [0.1, 0.15) is 5.82 Å². The normalized spacial score (nSPS) is 14.8. The van der Waals surface area contributed by atoms with Gasteiger partial charge < -0.3 is 20.6 Å². The summed E-state index contributed by atoms with van der Waals surface area (Å²) in [5.41, 5.74) is 0.546. The highest BCUT2D eigenvalue weighted by Gasteiger charge is 2.27. The molecule has 1 aliphatic rings. The Balaban J connectivity index is 1.71. The number of hydrogen-bond acceptors (Lipinski definition) is 3. The minimum Gasteiger partial charge on any atom is -0.481 e. The lowest BCUT2D eigenvalue weighted by Crippen LogP contribution is -2.46. The number of anilines is 1. The maximum Gasteiger partial charge on any atom is 0.317 e. The van der Waals surface area contributed by atoms with Crippen molar-refractivity contribution in [2.24, 2.45) is 5.92 Å². The molecule has 136 valence electrons. The Morgan fingerprint density at radius 3 is 2.40 bits per heavy atom. The molecule has 0 radical (unpaired) electrons. The smallest absolute Gasteiger partial charge is 0.317 e. The molecule has 0 spiro atoms. The number of rotatable bonds is 6. The molecule has 1 saturated heterocycles. The van der Waals surface area contributed by atoms with Crippen LogP contribution in [0.25, 0.3) is 0 Å². The number of benzene rings is 1. The van der Waals surface area contributed by atoms with Crippen molar-refractivity contribution in [3.63, 3.8) is 0 Å². The van der Waals surface area contributed by atoms with Gasteiger partial charge in [-0.3, -0.25) is 9.59 Å². The number of urea groups is 1. The van der Waals surface area contributed by atoms with Gasteiger partial charge in [0.2, 0.25) is 5.91 Å². The third-order valence-corrected chi connectivity index (χ3v) is 4.11. The fourth-order valence-corrected chi connectivity index (χ4v) is 2.67. The van der Waals surface area contributed by atoms with Gasteiger partial charge in [0.15, 0.2) is 0 Å². The van der Waals surface area contributed by atoms with Crippen molar-refractivity contribution in [1.82, 2.24) is 10.2 Å². The molecule has 1 aliphatic heterocycles. The quantitative estimate of drug-likeness (QED) is 0.683. The maximum atomic E-state index is 12.9. The molecule has 0 unspecified atom stereocenters. The third-order valence-electron chi connectivity index (χ3n) is 4.11. The Labute approximate surface area is 145 Å². The molecule has 0 aliphatic carbocycles. The molecule has 0 bridgehead atoms. The fraction of sp³-hybridized carbons (Fsp3) is 0.471. The summed E-state index contributed by atoms with van der Waals surface area (Å²) in [4.78, 5) is 36.2. The van der Waals surface area contributed by atoms with E-state index in [1.165, 1.54) is 24.3 Å². The predicted molar refractivity (Wildman–Crippen MR) is 89.6 cm³/mol. The molecule has 8 heteroatoms. The number of halogens is 1. The van der Waals surface area contributed by atoms with E-state index in [1.807, 2.05) is 0 Å². The standard InChI is InChI=1S/C17H22FN3O4/c18-13-3-5-14(6-4-13)20-16(24)12-7-10-21(11-8-12)17(25)19-9-1-2-15(22)23/h3-6,12H,1-2,7-11H2,(H,19,25)(H,20,24)(H,22,23). The van der Waals surface area contributed by atoms with Crippen LogP contribution in [-0.2, 0) is 9.59 Å². The topological polar surface area (TPSA) is 98.7 Å². The number of nitrogens with zero attached hydrogens (tertiary/aromatic N) is 1. The van der Waals surface area contributed by atoms with Gasteiger partial charge in [-0.25, -0.2) is 9.18 Å². The van der Waals surface area contributed by atoms with E-state index in [4.69, 9.17) is 5.11 Å². The summed E-state index contributed by atoms with van der Waals surface area (Å²) in [6, 6.07) is 5.35. The van der Waals surface area contributed by atoms with Crippen LogP contribution in [0.3, 0.4) is 0 Å². The molecule has 3 N–H and O–H groups in total. The largest absolute Gasteiger partial charge is 0.481 e. The van der Waals surface area contributed by atoms with E-state index in [0.717, 1.165) is 0 Å². The van der Waals surface area contributed by atoms with Crippen LogP contribution in [0.2, 0.25) is 0 Å². The fourth-order valence-electron chi connectivity index (χ4n) is 2.67. The van der Waals surface area contributed by atoms with Gasteiger partial charge in [0, 0.05) is 37.7 Å². The first-order valence-electron chi connectivity index (χ1n) is 8.26. The highest BCUT2D eigenvalue weighted by Crippen LogP contribution is 2.19. The monoisotopic (exact) mass is 351 g/mol. The Kier molecular flexibility index (Phi) is 6.73. The van der Waals surface area contributed by atoms with Gasteiger partial charge in [0.25, 0.3) is 0 Å². The molecule has 3 amide bonds. The lowest BCUT2D eigenvalue weighted by molar-refractivity contribution is -0.137. The third kappa shape index (κ3) is 6.06. The summed E-state index contributed by atoms with van der Waals surface area (Å²) < 4.78 is 12.9. The first kappa shape index (κ1) is 18.7. The summed E-state index contributed by atoms with van der Waals surface area (Å²) in [5, 5.41) is 14.0. The van der Waals surface area contributed by atoms with Crippen LogP contribution < -0.4 is 10.6 Å². The second-order valence-electron chi connectivity index (χ2n) is 5.99. The number of carboxylic acid groups (broad SMARTS) is 1. The van der Waals surface area contributed by atoms with Gasteiger partial charge in [-0.2, -0.15) is 0 Å². The van der Waals surface area contributed by atoms with E-state index in [1.54, 1.807) is 4.90 Å². The molecule has 25 heavy (non-hydrogen) atoms.